The van der Waals surface area contributed by atoms with Crippen LogP contribution in [0.1, 0.15) is 42.2 Å². The van der Waals surface area contributed by atoms with Crippen LogP contribution in [-0.4, -0.2) is 59.9 Å². The molecule has 0 aliphatic carbocycles. The van der Waals surface area contributed by atoms with Gasteiger partial charge in [-0.3, -0.25) is 14.6 Å². The maximum Gasteiger partial charge on any atom is 0.252 e. The van der Waals surface area contributed by atoms with Crippen LogP contribution in [0.4, 0.5) is 11.5 Å². The molecule has 4 rings (SSSR count). The minimum absolute atomic E-state index is 0.00722. The summed E-state index contributed by atoms with van der Waals surface area (Å²) >= 11 is 0. The molecule has 3 heterocycles. The van der Waals surface area contributed by atoms with Gasteiger partial charge < -0.3 is 20.4 Å². The predicted molar refractivity (Wildman–Crippen MR) is 138 cm³/mol. The van der Waals surface area contributed by atoms with Crippen molar-refractivity contribution in [2.75, 3.05) is 37.4 Å². The molecule has 35 heavy (non-hydrogen) atoms. The molecule has 8 heteroatoms. The van der Waals surface area contributed by atoms with E-state index in [1.807, 2.05) is 60.3 Å². The van der Waals surface area contributed by atoms with Gasteiger partial charge in [0.05, 0.1) is 17.3 Å². The van der Waals surface area contributed by atoms with Crippen molar-refractivity contribution in [3.8, 4) is 11.3 Å². The topological polar surface area (TPSA) is 90.5 Å². The van der Waals surface area contributed by atoms with Crippen molar-refractivity contribution in [1.82, 2.24) is 20.2 Å². The number of aromatic nitrogens is 2. The molecule has 0 spiro atoms. The molecule has 0 saturated heterocycles. The summed E-state index contributed by atoms with van der Waals surface area (Å²) in [6.45, 7) is 5.02. The molecule has 3 aromatic rings. The molecule has 2 aromatic heterocycles. The van der Waals surface area contributed by atoms with Crippen molar-refractivity contribution in [3.05, 3.63) is 72.1 Å². The van der Waals surface area contributed by atoms with Gasteiger partial charge in [-0.25, -0.2) is 4.98 Å². The summed E-state index contributed by atoms with van der Waals surface area (Å²) in [7, 11) is 3.93. The molecule has 2 amide bonds. The first-order valence-electron chi connectivity index (χ1n) is 11.8. The van der Waals surface area contributed by atoms with Crippen molar-refractivity contribution in [2.45, 2.75) is 32.4 Å². The fourth-order valence-corrected chi connectivity index (χ4v) is 4.46. The van der Waals surface area contributed by atoms with Crippen molar-refractivity contribution >= 4 is 23.3 Å². The lowest BCUT2D eigenvalue weighted by atomic mass is 9.89. The monoisotopic (exact) mass is 472 g/mol. The fourth-order valence-electron chi connectivity index (χ4n) is 4.46. The highest BCUT2D eigenvalue weighted by atomic mass is 16.2. The molecule has 2 atom stereocenters. The van der Waals surface area contributed by atoms with Gasteiger partial charge in [0.2, 0.25) is 5.91 Å². The van der Waals surface area contributed by atoms with E-state index in [4.69, 9.17) is 0 Å². The number of benzene rings is 1. The molecule has 182 valence electrons. The number of hydrogen-bond donors (Lipinski definition) is 2. The average Bonchev–Trinajstić information content (AvgIpc) is 2.84. The maximum atomic E-state index is 12.4. The number of hydrogen-bond acceptors (Lipinski definition) is 6. The first-order chi connectivity index (χ1) is 16.8. The molecule has 0 fully saturated rings. The summed E-state index contributed by atoms with van der Waals surface area (Å²) in [5.74, 6) is 0.674. The lowest BCUT2D eigenvalue weighted by Crippen LogP contribution is -2.43. The Morgan fingerprint density at radius 2 is 1.94 bits per heavy atom. The van der Waals surface area contributed by atoms with Crippen LogP contribution in [0.15, 0.2) is 60.9 Å². The highest BCUT2D eigenvalue weighted by molar-refractivity contribution is 5.95. The number of carbonyl (C=O) groups excluding carboxylic acids is 2. The molecule has 2 N–H and O–H groups in total. The number of pyridine rings is 2. The van der Waals surface area contributed by atoms with E-state index in [1.165, 1.54) is 0 Å². The molecule has 0 bridgehead atoms. The van der Waals surface area contributed by atoms with Crippen LogP contribution in [-0.2, 0) is 4.79 Å². The Hall–Kier alpha value is -3.78. The standard InChI is InChI=1S/C27H32N6O2/c1-18-15-24(31-26-7-5-6-12-28-26)22-16-20(9-11-25(22)33(18)19(2)34)23-10-8-21(17-30-23)27(35)29-13-14-32(3)4/h5-12,16-18,24H,13-15H2,1-4H3,(H,28,31)(H,29,35). The lowest BCUT2D eigenvalue weighted by Gasteiger charge is -2.39. The van der Waals surface area contributed by atoms with E-state index in [-0.39, 0.29) is 23.9 Å². The second-order valence-corrected chi connectivity index (χ2v) is 9.15. The molecule has 1 aliphatic rings. The third-order valence-electron chi connectivity index (χ3n) is 6.17. The normalized spacial score (nSPS) is 17.1. The molecule has 0 radical (unpaired) electrons. The summed E-state index contributed by atoms with van der Waals surface area (Å²) in [4.78, 5) is 37.7. The molecular weight excluding hydrogens is 440 g/mol. The number of nitrogens with one attached hydrogen (secondary N) is 2. The van der Waals surface area contributed by atoms with Crippen LogP contribution in [0, 0.1) is 0 Å². The maximum absolute atomic E-state index is 12.4. The van der Waals surface area contributed by atoms with Crippen LogP contribution >= 0.6 is 0 Å². The zero-order chi connectivity index (χ0) is 24.9. The second-order valence-electron chi connectivity index (χ2n) is 9.15. The number of fused-ring (bicyclic) bond motifs is 1. The summed E-state index contributed by atoms with van der Waals surface area (Å²) in [6, 6.07) is 15.5. The summed E-state index contributed by atoms with van der Waals surface area (Å²) in [6.07, 6.45) is 4.12. The molecule has 1 aromatic carbocycles. The Morgan fingerprint density at radius 1 is 1.11 bits per heavy atom. The van der Waals surface area contributed by atoms with Gasteiger partial charge in [-0.05, 0) is 69.4 Å². The number of likely N-dealkylation sites (N-methyl/N-ethyl adjacent to an activating group) is 1. The van der Waals surface area contributed by atoms with Crippen LogP contribution in [0.5, 0.6) is 0 Å². The third-order valence-corrected chi connectivity index (χ3v) is 6.17. The first-order valence-corrected chi connectivity index (χ1v) is 11.8. The van der Waals surface area contributed by atoms with Crippen LogP contribution in [0.3, 0.4) is 0 Å². The Labute approximate surface area is 206 Å². The molecule has 1 aliphatic heterocycles. The first kappa shape index (κ1) is 24.3. The molecule has 8 nitrogen and oxygen atoms in total. The van der Waals surface area contributed by atoms with Gasteiger partial charge in [0.15, 0.2) is 0 Å². The largest absolute Gasteiger partial charge is 0.363 e. The van der Waals surface area contributed by atoms with Gasteiger partial charge >= 0.3 is 0 Å². The van der Waals surface area contributed by atoms with E-state index < -0.39 is 0 Å². The van der Waals surface area contributed by atoms with E-state index >= 15 is 0 Å². The van der Waals surface area contributed by atoms with Crippen molar-refractivity contribution < 1.29 is 9.59 Å². The third kappa shape index (κ3) is 5.66. The SMILES string of the molecule is CC(=O)N1c2ccc(-c3ccc(C(=O)NCCN(C)C)cn3)cc2C(Nc2ccccn2)CC1C. The van der Waals surface area contributed by atoms with Crippen LogP contribution in [0.25, 0.3) is 11.3 Å². The zero-order valence-corrected chi connectivity index (χ0v) is 20.7. The van der Waals surface area contributed by atoms with Gasteiger partial charge in [0.1, 0.15) is 5.82 Å². The molecule has 2 unspecified atom stereocenters. The smallest absolute Gasteiger partial charge is 0.252 e. The number of amides is 2. The number of rotatable bonds is 7. The van der Waals surface area contributed by atoms with Gasteiger partial charge in [-0.15, -0.1) is 0 Å². The number of carbonyl (C=O) groups is 2. The lowest BCUT2D eigenvalue weighted by molar-refractivity contribution is -0.117. The minimum atomic E-state index is -0.137. The van der Waals surface area contributed by atoms with Gasteiger partial charge in [-0.2, -0.15) is 0 Å². The molecule has 0 saturated carbocycles. The predicted octanol–water partition coefficient (Wildman–Crippen LogP) is 3.73. The fraction of sp³-hybridized carbons (Fsp3) is 0.333. The Balaban J connectivity index is 1.61. The average molecular weight is 473 g/mol. The highest BCUT2D eigenvalue weighted by Crippen LogP contribution is 2.40. The van der Waals surface area contributed by atoms with Crippen molar-refractivity contribution in [1.29, 1.82) is 0 Å². The second kappa shape index (κ2) is 10.7. The van der Waals surface area contributed by atoms with E-state index in [0.29, 0.717) is 12.1 Å². The van der Waals surface area contributed by atoms with Crippen LogP contribution in [0.2, 0.25) is 0 Å². The van der Waals surface area contributed by atoms with Gasteiger partial charge in [-0.1, -0.05) is 12.1 Å². The minimum Gasteiger partial charge on any atom is -0.363 e. The Kier molecular flexibility index (Phi) is 7.41. The van der Waals surface area contributed by atoms with Gasteiger partial charge in [0, 0.05) is 49.7 Å². The van der Waals surface area contributed by atoms with E-state index in [1.54, 1.807) is 25.4 Å². The van der Waals surface area contributed by atoms with Crippen LogP contribution < -0.4 is 15.5 Å². The summed E-state index contributed by atoms with van der Waals surface area (Å²) in [5, 5.41) is 6.44. The van der Waals surface area contributed by atoms with E-state index in [0.717, 1.165) is 41.3 Å². The van der Waals surface area contributed by atoms with Gasteiger partial charge in [0.25, 0.3) is 5.91 Å². The summed E-state index contributed by atoms with van der Waals surface area (Å²) in [5.41, 5.74) is 4.13. The summed E-state index contributed by atoms with van der Waals surface area (Å²) < 4.78 is 0. The zero-order valence-electron chi connectivity index (χ0n) is 20.7. The number of anilines is 2. The van der Waals surface area contributed by atoms with E-state index in [2.05, 4.69) is 33.6 Å². The Morgan fingerprint density at radius 3 is 2.60 bits per heavy atom. The quantitative estimate of drug-likeness (QED) is 0.545. The highest BCUT2D eigenvalue weighted by Gasteiger charge is 2.32. The van der Waals surface area contributed by atoms with Crippen molar-refractivity contribution in [2.24, 2.45) is 0 Å². The molecular formula is C27H32N6O2. The Bertz CT molecular complexity index is 1180. The van der Waals surface area contributed by atoms with Crippen molar-refractivity contribution in [3.63, 3.8) is 0 Å². The number of nitrogens with zero attached hydrogens (tertiary/aromatic N) is 4. The van der Waals surface area contributed by atoms with E-state index in [9.17, 15) is 9.59 Å².